The van der Waals surface area contributed by atoms with Crippen LogP contribution in [0.3, 0.4) is 0 Å². The fourth-order valence-electron chi connectivity index (χ4n) is 14.5. The third-order valence-electron chi connectivity index (χ3n) is 18.8. The maximum absolute atomic E-state index is 10.8. The Morgan fingerprint density at radius 2 is 0.667 bits per heavy atom. The summed E-state index contributed by atoms with van der Waals surface area (Å²) in [5.74, 6) is 0.496. The van der Waals surface area contributed by atoms with Crippen LogP contribution in [0, 0.1) is 58.5 Å². The first-order valence-electron chi connectivity index (χ1n) is 32.0. The van der Waals surface area contributed by atoms with Gasteiger partial charge in [-0.1, -0.05) is 170 Å². The summed E-state index contributed by atoms with van der Waals surface area (Å²) in [5, 5.41) is 47.8. The van der Waals surface area contributed by atoms with E-state index in [4.69, 9.17) is 23.1 Å². The van der Waals surface area contributed by atoms with Gasteiger partial charge in [-0.15, -0.1) is 0 Å². The van der Waals surface area contributed by atoms with E-state index >= 15 is 0 Å². The maximum Gasteiger partial charge on any atom is 0.197 e. The molecule has 17 rings (SSSR count). The molecular formula is C88H47N11. The van der Waals surface area contributed by atoms with Crippen molar-refractivity contribution in [1.82, 2.24) is 23.7 Å². The number of benzene rings is 13. The minimum atomic E-state index is 0.146. The molecule has 0 aliphatic rings. The molecule has 0 spiro atoms. The van der Waals surface area contributed by atoms with Gasteiger partial charge in [-0.25, -0.2) is 19.7 Å². The van der Waals surface area contributed by atoms with Gasteiger partial charge >= 0.3 is 0 Å². The molecule has 17 aromatic rings. The molecule has 0 N–H and O–H groups in total. The summed E-state index contributed by atoms with van der Waals surface area (Å²) in [6.07, 6.45) is 0. The molecule has 0 aliphatic heterocycles. The Kier molecular flexibility index (Phi) is 13.9. The molecule has 0 saturated carbocycles. The number of aromatic nitrogens is 5. The molecule has 0 atom stereocenters. The van der Waals surface area contributed by atoms with Gasteiger partial charge in [0.2, 0.25) is 0 Å². The Morgan fingerprint density at radius 1 is 0.293 bits per heavy atom. The van der Waals surface area contributed by atoms with Gasteiger partial charge in [0.25, 0.3) is 0 Å². The number of hydrogen-bond acceptors (Lipinski definition) is 6. The molecule has 0 unspecified atom stereocenters. The molecule has 0 amide bonds. The normalized spacial score (nSPS) is 11.2. The van der Waals surface area contributed by atoms with Crippen LogP contribution in [-0.2, 0) is 0 Å². The maximum atomic E-state index is 10.8. The quantitative estimate of drug-likeness (QED) is 0.125. The highest BCUT2D eigenvalue weighted by atomic mass is 15.0. The average molecular weight is 1260 g/mol. The smallest absolute Gasteiger partial charge is 0.197 e. The van der Waals surface area contributed by atoms with Crippen LogP contribution in [0.1, 0.15) is 22.3 Å². The van der Waals surface area contributed by atoms with Crippen LogP contribution in [0.4, 0.5) is 11.4 Å². The Labute approximate surface area is 568 Å². The van der Waals surface area contributed by atoms with Crippen LogP contribution in [0.15, 0.2) is 285 Å². The Morgan fingerprint density at radius 3 is 1.05 bits per heavy atom. The molecular weight excluding hydrogens is 1210 g/mol. The van der Waals surface area contributed by atoms with Crippen molar-refractivity contribution in [1.29, 1.82) is 21.0 Å². The predicted molar refractivity (Wildman–Crippen MR) is 394 cm³/mol. The molecule has 454 valence electrons. The highest BCUT2D eigenvalue weighted by molar-refractivity contribution is 6.15. The van der Waals surface area contributed by atoms with Gasteiger partial charge in [-0.05, 0) is 138 Å². The Balaban J connectivity index is 1.04. The highest BCUT2D eigenvalue weighted by Gasteiger charge is 2.27. The monoisotopic (exact) mass is 1260 g/mol. The number of hydrogen-bond donors (Lipinski definition) is 0. The summed E-state index contributed by atoms with van der Waals surface area (Å²) in [6, 6.07) is 105. The number of rotatable bonds is 10. The van der Waals surface area contributed by atoms with E-state index in [1.807, 2.05) is 78.9 Å². The van der Waals surface area contributed by atoms with Crippen molar-refractivity contribution < 1.29 is 0 Å². The lowest BCUT2D eigenvalue weighted by Gasteiger charge is -2.22. The van der Waals surface area contributed by atoms with Gasteiger partial charge in [0.15, 0.2) is 17.2 Å². The van der Waals surface area contributed by atoms with E-state index in [2.05, 4.69) is 230 Å². The molecule has 11 nitrogen and oxygen atoms in total. The lowest BCUT2D eigenvalue weighted by Crippen LogP contribution is -2.04. The molecule has 0 bridgehead atoms. The summed E-state index contributed by atoms with van der Waals surface area (Å²) < 4.78 is 6.92. The predicted octanol–water partition coefficient (Wildman–Crippen LogP) is 22.0. The second-order valence-corrected chi connectivity index (χ2v) is 24.3. The molecule has 0 radical (unpaired) electrons. The van der Waals surface area contributed by atoms with Gasteiger partial charge in [0, 0.05) is 93.8 Å². The first-order valence-corrected chi connectivity index (χ1v) is 32.0. The zero-order valence-electron chi connectivity index (χ0n) is 52.6. The third-order valence-corrected chi connectivity index (χ3v) is 18.8. The van der Waals surface area contributed by atoms with Gasteiger partial charge in [0.1, 0.15) is 0 Å². The lowest BCUT2D eigenvalue weighted by atomic mass is 9.91. The number of nitrogens with zero attached hydrogens (tertiary/aromatic N) is 11. The zero-order chi connectivity index (χ0) is 66.8. The highest BCUT2D eigenvalue weighted by Crippen LogP contribution is 2.49. The fourth-order valence-corrected chi connectivity index (χ4v) is 14.5. The summed E-state index contributed by atoms with van der Waals surface area (Å²) in [4.78, 5) is 18.8. The number of fused-ring (bicyclic) bond motifs is 9. The van der Waals surface area contributed by atoms with E-state index < -0.39 is 0 Å². The van der Waals surface area contributed by atoms with Crippen LogP contribution >= 0.6 is 0 Å². The van der Waals surface area contributed by atoms with E-state index in [9.17, 15) is 21.0 Å². The topological polar surface area (TPSA) is 144 Å². The Hall–Kier alpha value is -14.7. The van der Waals surface area contributed by atoms with Crippen molar-refractivity contribution in [3.05, 3.63) is 330 Å². The average Bonchev–Trinajstić information content (AvgIpc) is 1.59. The summed E-state index contributed by atoms with van der Waals surface area (Å²) >= 11 is 0. The minimum Gasteiger partial charge on any atom is -0.309 e. The standard InChI is InChI=1S/C88H47N11/c1-93-77-41-54(50-89)39-63(52-91)85(77)60-35-37-83-73(45-60)74-46-61(86-64(53-92)40-55(51-90)42-78(86)94-2)36-38-84(74)99(83)87-71(58-23-17-25-65(43-58)97-79-31-13-9-27-67(79)68-28-10-14-32-80(68)97)47-62(88-95-75(56-19-5-3-6-20-56)49-76(96-88)57-21-7-4-8-22-57)48-72(87)59-24-18-26-66(44-59)98-81-33-15-11-29-69(81)70-30-12-16-34-82(70)98/h3-49H. The third kappa shape index (κ3) is 9.61. The van der Waals surface area contributed by atoms with E-state index in [1.165, 1.54) is 24.3 Å². The van der Waals surface area contributed by atoms with Crippen LogP contribution in [0.25, 0.3) is 171 Å². The van der Waals surface area contributed by atoms with Gasteiger partial charge in [-0.3, -0.25) is 0 Å². The van der Waals surface area contributed by atoms with E-state index in [0.717, 1.165) is 133 Å². The van der Waals surface area contributed by atoms with E-state index in [0.29, 0.717) is 28.1 Å². The summed E-state index contributed by atoms with van der Waals surface area (Å²) in [7, 11) is 0. The fraction of sp³-hybridized carbons (Fsp3) is 0. The zero-order valence-corrected chi connectivity index (χ0v) is 52.6. The first-order chi connectivity index (χ1) is 48.8. The summed E-state index contributed by atoms with van der Waals surface area (Å²) in [5.41, 5.74) is 18.7. The van der Waals surface area contributed by atoms with Gasteiger partial charge < -0.3 is 13.7 Å². The van der Waals surface area contributed by atoms with E-state index in [1.54, 1.807) is 0 Å². The van der Waals surface area contributed by atoms with Gasteiger partial charge in [-0.2, -0.15) is 21.0 Å². The lowest BCUT2D eigenvalue weighted by molar-refractivity contribution is 1.16. The number of nitriles is 4. The molecule has 4 heterocycles. The molecule has 0 saturated heterocycles. The van der Waals surface area contributed by atoms with Crippen LogP contribution in [0.5, 0.6) is 0 Å². The second kappa shape index (κ2) is 23.7. The van der Waals surface area contributed by atoms with E-state index in [-0.39, 0.29) is 33.6 Å². The SMILES string of the molecule is [C-]#[N+]c1cc(C#N)cc(C#N)c1-c1ccc2c(c1)c1cc(-c3c(C#N)cc(C#N)cc3[N+]#[C-])ccc1n2-c1c(-c2cccc(-n3c4ccccc4c4ccccc43)c2)cc(-c2nc(-c3ccccc3)cc(-c3ccccc3)n2)cc1-c1cccc(-n2c3ccccc3c3ccccc32)c1. The molecule has 4 aromatic heterocycles. The second-order valence-electron chi connectivity index (χ2n) is 24.3. The van der Waals surface area contributed by atoms with Crippen molar-refractivity contribution >= 4 is 76.8 Å². The van der Waals surface area contributed by atoms with Crippen LogP contribution in [-0.4, -0.2) is 23.7 Å². The van der Waals surface area contributed by atoms with Crippen LogP contribution < -0.4 is 0 Å². The largest absolute Gasteiger partial charge is 0.309 e. The van der Waals surface area contributed by atoms with Crippen molar-refractivity contribution in [3.63, 3.8) is 0 Å². The Bertz CT molecular complexity index is 6000. The van der Waals surface area contributed by atoms with Crippen molar-refractivity contribution in [2.24, 2.45) is 0 Å². The van der Waals surface area contributed by atoms with Gasteiger partial charge in [0.05, 0.1) is 98.7 Å². The molecule has 11 heteroatoms. The van der Waals surface area contributed by atoms with Crippen LogP contribution in [0.2, 0.25) is 0 Å². The van der Waals surface area contributed by atoms with Crippen molar-refractivity contribution in [3.8, 4) is 120 Å². The van der Waals surface area contributed by atoms with Crippen molar-refractivity contribution in [2.45, 2.75) is 0 Å². The minimum absolute atomic E-state index is 0.146. The number of para-hydroxylation sites is 4. The molecule has 99 heavy (non-hydrogen) atoms. The summed E-state index contributed by atoms with van der Waals surface area (Å²) in [6.45, 7) is 16.8. The molecule has 13 aromatic carbocycles. The molecule has 0 fully saturated rings. The van der Waals surface area contributed by atoms with Crippen molar-refractivity contribution in [2.75, 3.05) is 0 Å². The molecule has 0 aliphatic carbocycles. The first kappa shape index (κ1) is 58.1.